The molecule has 10 heavy (non-hydrogen) atoms. The standard InChI is InChI=1S/C8H13NO/c1-7-9-8(6-10-7)4-2-3-5-8/h9H,1-6H2. The molecule has 0 aromatic carbocycles. The lowest BCUT2D eigenvalue weighted by molar-refractivity contribution is 0.226. The molecule has 56 valence electrons. The van der Waals surface area contributed by atoms with Gasteiger partial charge in [-0.15, -0.1) is 0 Å². The van der Waals surface area contributed by atoms with E-state index >= 15 is 0 Å². The lowest BCUT2D eigenvalue weighted by Crippen LogP contribution is -2.38. The lowest BCUT2D eigenvalue weighted by Gasteiger charge is -2.19. The molecule has 2 aliphatic rings. The average molecular weight is 139 g/mol. The Kier molecular flexibility index (Phi) is 1.16. The Morgan fingerprint density at radius 3 is 2.60 bits per heavy atom. The van der Waals surface area contributed by atoms with Crippen molar-refractivity contribution >= 4 is 0 Å². The predicted molar refractivity (Wildman–Crippen MR) is 39.4 cm³/mol. The molecule has 1 saturated heterocycles. The molecule has 0 bridgehead atoms. The van der Waals surface area contributed by atoms with E-state index in [1.54, 1.807) is 0 Å². The summed E-state index contributed by atoms with van der Waals surface area (Å²) in [5, 5.41) is 3.31. The molecule has 0 amide bonds. The Morgan fingerprint density at radius 1 is 1.40 bits per heavy atom. The van der Waals surface area contributed by atoms with Crippen LogP contribution >= 0.6 is 0 Å². The minimum atomic E-state index is 0.289. The van der Waals surface area contributed by atoms with Crippen LogP contribution < -0.4 is 5.32 Å². The van der Waals surface area contributed by atoms with Gasteiger partial charge in [-0.05, 0) is 19.4 Å². The Bertz CT molecular complexity index is 159. The summed E-state index contributed by atoms with van der Waals surface area (Å²) in [5.74, 6) is 0.766. The van der Waals surface area contributed by atoms with Crippen LogP contribution in [0.5, 0.6) is 0 Å². The maximum absolute atomic E-state index is 5.28. The van der Waals surface area contributed by atoms with Crippen molar-refractivity contribution in [2.24, 2.45) is 0 Å². The van der Waals surface area contributed by atoms with Crippen LogP contribution in [0.25, 0.3) is 0 Å². The van der Waals surface area contributed by atoms with Gasteiger partial charge in [0.25, 0.3) is 0 Å². The SMILES string of the molecule is C=C1NC2(CCCC2)CO1. The lowest BCUT2D eigenvalue weighted by atomic mass is 10.0. The Balaban J connectivity index is 2.09. The molecule has 1 spiro atoms. The molecule has 2 nitrogen and oxygen atoms in total. The summed E-state index contributed by atoms with van der Waals surface area (Å²) in [5.41, 5.74) is 0.289. The summed E-state index contributed by atoms with van der Waals surface area (Å²) in [6.07, 6.45) is 5.19. The van der Waals surface area contributed by atoms with Crippen LogP contribution in [0, 0.1) is 0 Å². The summed E-state index contributed by atoms with van der Waals surface area (Å²) >= 11 is 0. The summed E-state index contributed by atoms with van der Waals surface area (Å²) < 4.78 is 5.28. The number of hydrogen-bond donors (Lipinski definition) is 1. The van der Waals surface area contributed by atoms with E-state index in [9.17, 15) is 0 Å². The largest absolute Gasteiger partial charge is 0.477 e. The quantitative estimate of drug-likeness (QED) is 0.547. The van der Waals surface area contributed by atoms with Crippen LogP contribution in [0.15, 0.2) is 12.5 Å². The van der Waals surface area contributed by atoms with E-state index in [1.807, 2.05) is 0 Å². The third-order valence-corrected chi connectivity index (χ3v) is 2.49. The van der Waals surface area contributed by atoms with Crippen molar-refractivity contribution in [2.75, 3.05) is 6.61 Å². The molecule has 0 unspecified atom stereocenters. The summed E-state index contributed by atoms with van der Waals surface area (Å²) in [4.78, 5) is 0. The van der Waals surface area contributed by atoms with E-state index in [0.717, 1.165) is 12.5 Å². The predicted octanol–water partition coefficient (Wildman–Crippen LogP) is 1.39. The molecule has 2 rings (SSSR count). The zero-order chi connectivity index (χ0) is 7.03. The zero-order valence-electron chi connectivity index (χ0n) is 6.15. The fourth-order valence-corrected chi connectivity index (χ4v) is 1.91. The monoisotopic (exact) mass is 139 g/mol. The van der Waals surface area contributed by atoms with Crippen molar-refractivity contribution in [3.8, 4) is 0 Å². The third-order valence-electron chi connectivity index (χ3n) is 2.49. The molecule has 1 N–H and O–H groups in total. The topological polar surface area (TPSA) is 21.3 Å². The van der Waals surface area contributed by atoms with Gasteiger partial charge in [0, 0.05) is 0 Å². The van der Waals surface area contributed by atoms with Crippen molar-refractivity contribution in [1.29, 1.82) is 0 Å². The Hall–Kier alpha value is -0.660. The first-order valence-electron chi connectivity index (χ1n) is 3.91. The van der Waals surface area contributed by atoms with Crippen LogP contribution in [-0.4, -0.2) is 12.1 Å². The zero-order valence-corrected chi connectivity index (χ0v) is 6.15. The fourth-order valence-electron chi connectivity index (χ4n) is 1.91. The highest BCUT2D eigenvalue weighted by molar-refractivity contribution is 5.04. The molecule has 0 radical (unpaired) electrons. The van der Waals surface area contributed by atoms with E-state index in [4.69, 9.17) is 4.74 Å². The maximum atomic E-state index is 5.28. The Morgan fingerprint density at radius 2 is 2.10 bits per heavy atom. The summed E-state index contributed by atoms with van der Waals surface area (Å²) in [6.45, 7) is 4.58. The molecule has 1 saturated carbocycles. The molecule has 0 aromatic rings. The van der Waals surface area contributed by atoms with Crippen LogP contribution in [0.4, 0.5) is 0 Å². The van der Waals surface area contributed by atoms with Gasteiger partial charge in [0.2, 0.25) is 0 Å². The molecular formula is C8H13NO. The van der Waals surface area contributed by atoms with Crippen molar-refractivity contribution in [2.45, 2.75) is 31.2 Å². The van der Waals surface area contributed by atoms with Gasteiger partial charge < -0.3 is 10.1 Å². The molecule has 1 heterocycles. The number of ether oxygens (including phenoxy) is 1. The number of nitrogens with one attached hydrogen (secondary N) is 1. The van der Waals surface area contributed by atoms with E-state index in [1.165, 1.54) is 25.7 Å². The summed E-state index contributed by atoms with van der Waals surface area (Å²) in [6, 6.07) is 0. The smallest absolute Gasteiger partial charge is 0.179 e. The second-order valence-corrected chi connectivity index (χ2v) is 3.32. The molecule has 2 heteroatoms. The van der Waals surface area contributed by atoms with E-state index in [2.05, 4.69) is 11.9 Å². The molecule has 1 aliphatic carbocycles. The normalized spacial score (nSPS) is 28.6. The van der Waals surface area contributed by atoms with Crippen molar-refractivity contribution in [1.82, 2.24) is 5.32 Å². The van der Waals surface area contributed by atoms with Gasteiger partial charge in [0.15, 0.2) is 5.88 Å². The van der Waals surface area contributed by atoms with E-state index in [0.29, 0.717) is 0 Å². The average Bonchev–Trinajstić information content (AvgIpc) is 2.46. The molecule has 0 atom stereocenters. The molecule has 2 fully saturated rings. The van der Waals surface area contributed by atoms with Crippen molar-refractivity contribution in [3.05, 3.63) is 12.5 Å². The van der Waals surface area contributed by atoms with Gasteiger partial charge in [0.1, 0.15) is 6.61 Å². The number of hydrogen-bond acceptors (Lipinski definition) is 2. The van der Waals surface area contributed by atoms with Crippen LogP contribution in [0.3, 0.4) is 0 Å². The van der Waals surface area contributed by atoms with Crippen LogP contribution in [0.2, 0.25) is 0 Å². The first-order valence-corrected chi connectivity index (χ1v) is 3.91. The minimum absolute atomic E-state index is 0.289. The Labute approximate surface area is 61.3 Å². The fraction of sp³-hybridized carbons (Fsp3) is 0.750. The van der Waals surface area contributed by atoms with Gasteiger partial charge >= 0.3 is 0 Å². The second kappa shape index (κ2) is 1.91. The molecule has 1 aliphatic heterocycles. The highest BCUT2D eigenvalue weighted by atomic mass is 16.5. The molecular weight excluding hydrogens is 126 g/mol. The third kappa shape index (κ3) is 0.789. The van der Waals surface area contributed by atoms with Crippen molar-refractivity contribution < 1.29 is 4.74 Å². The molecule has 0 aromatic heterocycles. The van der Waals surface area contributed by atoms with Gasteiger partial charge in [-0.2, -0.15) is 0 Å². The van der Waals surface area contributed by atoms with E-state index in [-0.39, 0.29) is 5.54 Å². The number of rotatable bonds is 0. The highest BCUT2D eigenvalue weighted by Gasteiger charge is 2.39. The van der Waals surface area contributed by atoms with Gasteiger partial charge in [0.05, 0.1) is 5.54 Å². The first kappa shape index (κ1) is 6.08. The maximum Gasteiger partial charge on any atom is 0.179 e. The van der Waals surface area contributed by atoms with E-state index < -0.39 is 0 Å². The van der Waals surface area contributed by atoms with Gasteiger partial charge in [-0.1, -0.05) is 12.8 Å². The van der Waals surface area contributed by atoms with Crippen LogP contribution in [-0.2, 0) is 4.74 Å². The first-order chi connectivity index (χ1) is 4.81. The van der Waals surface area contributed by atoms with Gasteiger partial charge in [-0.3, -0.25) is 0 Å². The minimum Gasteiger partial charge on any atom is -0.477 e. The van der Waals surface area contributed by atoms with Crippen molar-refractivity contribution in [3.63, 3.8) is 0 Å². The van der Waals surface area contributed by atoms with Gasteiger partial charge in [-0.25, -0.2) is 0 Å². The highest BCUT2D eigenvalue weighted by Crippen LogP contribution is 2.34. The van der Waals surface area contributed by atoms with Crippen LogP contribution in [0.1, 0.15) is 25.7 Å². The summed E-state index contributed by atoms with van der Waals surface area (Å²) in [7, 11) is 0. The second-order valence-electron chi connectivity index (χ2n) is 3.32.